The van der Waals surface area contributed by atoms with Crippen LogP contribution >= 0.6 is 0 Å². The first-order valence-electron chi connectivity index (χ1n) is 18.1. The molecule has 2 aromatic heterocycles. The fourth-order valence-electron chi connectivity index (χ4n) is 8.44. The number of fused-ring (bicyclic) bond motifs is 4. The molecule has 3 aliphatic carbocycles. The minimum atomic E-state index is -4.16. The van der Waals surface area contributed by atoms with Crippen LogP contribution in [0.3, 0.4) is 0 Å². The highest BCUT2D eigenvalue weighted by Gasteiger charge is 2.49. The second-order valence-corrected chi connectivity index (χ2v) is 16.8. The molecule has 1 atom stereocenters. The topological polar surface area (TPSA) is 131 Å². The average Bonchev–Trinajstić information content (AvgIpc) is 3.04. The number of aromatic nitrogens is 4. The van der Waals surface area contributed by atoms with Crippen molar-refractivity contribution < 1.29 is 17.9 Å². The average molecular weight is 708 g/mol. The lowest BCUT2D eigenvalue weighted by Gasteiger charge is -2.55. The molecule has 1 amide bonds. The van der Waals surface area contributed by atoms with Crippen molar-refractivity contribution in [3.05, 3.63) is 83.3 Å². The van der Waals surface area contributed by atoms with Crippen LogP contribution in [0.4, 0.5) is 11.8 Å². The molecule has 1 unspecified atom stereocenters. The van der Waals surface area contributed by atoms with Gasteiger partial charge in [-0.15, -0.1) is 0 Å². The lowest BCUT2D eigenvalue weighted by Crippen LogP contribution is -2.49. The van der Waals surface area contributed by atoms with E-state index in [0.717, 1.165) is 54.6 Å². The molecular weight excluding hydrogens is 663 g/mol. The van der Waals surface area contributed by atoms with E-state index >= 15 is 0 Å². The van der Waals surface area contributed by atoms with E-state index in [0.29, 0.717) is 28.8 Å². The molecule has 4 bridgehead atoms. The summed E-state index contributed by atoms with van der Waals surface area (Å²) < 4.78 is 36.7. The molecule has 51 heavy (non-hydrogen) atoms. The van der Waals surface area contributed by atoms with Crippen molar-refractivity contribution in [2.45, 2.75) is 95.2 Å². The van der Waals surface area contributed by atoms with Crippen LogP contribution in [0.5, 0.6) is 5.88 Å². The van der Waals surface area contributed by atoms with Gasteiger partial charge in [-0.3, -0.25) is 9.78 Å². The smallest absolute Gasteiger partial charge is 0.264 e. The zero-order valence-corrected chi connectivity index (χ0v) is 30.3. The Kier molecular flexibility index (Phi) is 8.68. The third-order valence-electron chi connectivity index (χ3n) is 11.6. The molecule has 3 saturated carbocycles. The highest BCUT2D eigenvalue weighted by molar-refractivity contribution is 7.92. The first kappa shape index (κ1) is 33.6. The van der Waals surface area contributed by atoms with Crippen molar-refractivity contribution in [1.82, 2.24) is 24.8 Å². The van der Waals surface area contributed by atoms with Crippen LogP contribution in [0.1, 0.15) is 85.0 Å². The SMILES string of the molecule is Cc1cccc(C)c1-c1cc2nc(n1)NS(=O)(=O)c1cccc(c1)C(=O)N(Cc1cncc(N(C)C3CCC3)n1)C(CC1CC3(CCC3)C1)CO2. The van der Waals surface area contributed by atoms with Gasteiger partial charge in [-0.05, 0) is 106 Å². The number of anilines is 2. The number of carbonyl (C=O) groups excluding carboxylic acids is 1. The van der Waals surface area contributed by atoms with E-state index < -0.39 is 10.0 Å². The maximum atomic E-state index is 14.7. The van der Waals surface area contributed by atoms with Gasteiger partial charge in [0.2, 0.25) is 11.8 Å². The number of rotatable bonds is 7. The van der Waals surface area contributed by atoms with Gasteiger partial charge < -0.3 is 14.5 Å². The molecule has 0 saturated heterocycles. The zero-order chi connectivity index (χ0) is 35.3. The zero-order valence-electron chi connectivity index (χ0n) is 29.5. The number of ether oxygens (including phenoxy) is 1. The molecule has 0 radical (unpaired) electrons. The van der Waals surface area contributed by atoms with Gasteiger partial charge in [0, 0.05) is 30.3 Å². The monoisotopic (exact) mass is 707 g/mol. The van der Waals surface area contributed by atoms with Gasteiger partial charge in [-0.2, -0.15) is 4.98 Å². The molecule has 12 heteroatoms. The predicted molar refractivity (Wildman–Crippen MR) is 195 cm³/mol. The molecule has 2 aromatic carbocycles. The van der Waals surface area contributed by atoms with E-state index in [1.165, 1.54) is 37.8 Å². The molecule has 11 nitrogen and oxygen atoms in total. The Hall–Kier alpha value is -4.58. The number of nitrogens with zero attached hydrogens (tertiary/aromatic N) is 6. The quantitative estimate of drug-likeness (QED) is 0.223. The Morgan fingerprint density at radius 2 is 1.75 bits per heavy atom. The summed E-state index contributed by atoms with van der Waals surface area (Å²) in [6, 6.07) is 14.0. The van der Waals surface area contributed by atoms with Crippen molar-refractivity contribution in [3.63, 3.8) is 0 Å². The van der Waals surface area contributed by atoms with Gasteiger partial charge >= 0.3 is 0 Å². The highest BCUT2D eigenvalue weighted by atomic mass is 32.2. The fraction of sp³-hybridized carbons (Fsp3) is 0.462. The minimum Gasteiger partial charge on any atom is -0.475 e. The molecule has 266 valence electrons. The molecular formula is C39H45N7O4S. The third-order valence-corrected chi connectivity index (χ3v) is 13.0. The molecule has 4 aromatic rings. The number of benzene rings is 2. The van der Waals surface area contributed by atoms with Gasteiger partial charge in [0.15, 0.2) is 0 Å². The van der Waals surface area contributed by atoms with Crippen molar-refractivity contribution in [3.8, 4) is 17.1 Å². The molecule has 4 aliphatic rings. The van der Waals surface area contributed by atoms with Crippen molar-refractivity contribution >= 4 is 27.7 Å². The van der Waals surface area contributed by atoms with E-state index in [1.807, 2.05) is 44.0 Å². The van der Waals surface area contributed by atoms with Gasteiger partial charge in [0.25, 0.3) is 15.9 Å². The highest BCUT2D eigenvalue weighted by Crippen LogP contribution is 2.59. The fourth-order valence-corrected chi connectivity index (χ4v) is 9.43. The number of sulfonamides is 1. The first-order valence-corrected chi connectivity index (χ1v) is 19.6. The van der Waals surface area contributed by atoms with Crippen LogP contribution in [-0.2, 0) is 16.6 Å². The number of hydrogen-bond acceptors (Lipinski definition) is 9. The summed E-state index contributed by atoms with van der Waals surface area (Å²) >= 11 is 0. The van der Waals surface area contributed by atoms with Crippen LogP contribution in [0.25, 0.3) is 11.3 Å². The number of carbonyl (C=O) groups is 1. The predicted octanol–water partition coefficient (Wildman–Crippen LogP) is 6.71. The Morgan fingerprint density at radius 3 is 2.45 bits per heavy atom. The first-order chi connectivity index (χ1) is 24.6. The van der Waals surface area contributed by atoms with Crippen molar-refractivity contribution in [1.29, 1.82) is 0 Å². The largest absolute Gasteiger partial charge is 0.475 e. The third kappa shape index (κ3) is 6.66. The standard InChI is InChI=1S/C39H45N7O4S/c1-25-8-4-9-26(2)36(25)33-18-35-43-38(42-33)44-51(48,49)32-13-5-10-28(17-32)37(47)46(31(24-50-35)16-27-19-39(20-27)14-7-15-39)23-29-21-40-22-34(41-29)45(3)30-11-6-12-30/h4-5,8-10,13,17-18,21-22,27,30-31H,6-7,11-12,14-16,19-20,23-24H2,1-3H3,(H,42,43,44). The molecule has 1 N–H and O–H groups in total. The molecule has 3 heterocycles. The molecule has 1 spiro atoms. The molecule has 8 rings (SSSR count). The lowest BCUT2D eigenvalue weighted by atomic mass is 9.51. The summed E-state index contributed by atoms with van der Waals surface area (Å²) in [6.07, 6.45) is 13.9. The summed E-state index contributed by atoms with van der Waals surface area (Å²) in [7, 11) is -2.11. The van der Waals surface area contributed by atoms with Crippen LogP contribution in [0.2, 0.25) is 0 Å². The second kappa shape index (κ2) is 13.2. The Labute approximate surface area is 299 Å². The van der Waals surface area contributed by atoms with Crippen LogP contribution in [0.15, 0.2) is 65.8 Å². The summed E-state index contributed by atoms with van der Waals surface area (Å²) in [5, 5.41) is 0. The van der Waals surface area contributed by atoms with Crippen LogP contribution < -0.4 is 14.4 Å². The molecule has 1 aliphatic heterocycles. The Balaban J connectivity index is 1.20. The van der Waals surface area contributed by atoms with Crippen LogP contribution in [-0.4, -0.2) is 64.9 Å². The Bertz CT molecular complexity index is 2050. The second-order valence-electron chi connectivity index (χ2n) is 15.1. The van der Waals surface area contributed by atoms with Crippen molar-refractivity contribution in [2.24, 2.45) is 11.3 Å². The summed E-state index contributed by atoms with van der Waals surface area (Å²) in [5.41, 5.74) is 4.82. The normalized spacial score (nSPS) is 21.1. The van der Waals surface area contributed by atoms with Gasteiger partial charge in [-0.1, -0.05) is 30.7 Å². The van der Waals surface area contributed by atoms with E-state index in [4.69, 9.17) is 9.72 Å². The van der Waals surface area contributed by atoms with Gasteiger partial charge in [0.1, 0.15) is 12.4 Å². The maximum Gasteiger partial charge on any atom is 0.264 e. The van der Waals surface area contributed by atoms with Gasteiger partial charge in [-0.25, -0.2) is 23.1 Å². The number of hydrogen-bond donors (Lipinski definition) is 1. The minimum absolute atomic E-state index is 0.0533. The lowest BCUT2D eigenvalue weighted by molar-refractivity contribution is -0.0405. The summed E-state index contributed by atoms with van der Waals surface area (Å²) in [4.78, 5) is 37.3. The summed E-state index contributed by atoms with van der Waals surface area (Å²) in [5.74, 6) is 1.08. The number of amides is 1. The summed E-state index contributed by atoms with van der Waals surface area (Å²) in [6.45, 7) is 4.36. The van der Waals surface area contributed by atoms with E-state index in [1.54, 1.807) is 30.6 Å². The van der Waals surface area contributed by atoms with Gasteiger partial charge in [0.05, 0.1) is 41.3 Å². The van der Waals surface area contributed by atoms with E-state index in [9.17, 15) is 13.2 Å². The maximum absolute atomic E-state index is 14.7. The number of aryl methyl sites for hydroxylation is 2. The number of nitrogens with one attached hydrogen (secondary N) is 1. The van der Waals surface area contributed by atoms with Crippen molar-refractivity contribution in [2.75, 3.05) is 23.3 Å². The molecule has 3 fully saturated rings. The van der Waals surface area contributed by atoms with E-state index in [-0.39, 0.29) is 47.4 Å². The van der Waals surface area contributed by atoms with E-state index in [2.05, 4.69) is 24.6 Å². The Morgan fingerprint density at radius 1 is 0.980 bits per heavy atom. The van der Waals surface area contributed by atoms with Crippen LogP contribution in [0, 0.1) is 25.2 Å².